The van der Waals surface area contributed by atoms with Gasteiger partial charge in [0.25, 0.3) is 0 Å². The zero-order chi connectivity index (χ0) is 14.2. The van der Waals surface area contributed by atoms with Crippen molar-refractivity contribution in [3.05, 3.63) is 24.0 Å². The van der Waals surface area contributed by atoms with Crippen LogP contribution in [0.4, 0.5) is 5.69 Å². The Kier molecular flexibility index (Phi) is 3.22. The first-order valence-electron chi connectivity index (χ1n) is 6.21. The van der Waals surface area contributed by atoms with Crippen LogP contribution in [0.2, 0.25) is 0 Å². The number of carbonyl (C=O) groups is 1. The summed E-state index contributed by atoms with van der Waals surface area (Å²) < 4.78 is 2.03. The summed E-state index contributed by atoms with van der Waals surface area (Å²) in [6.45, 7) is 5.73. The fraction of sp³-hybridized carbons (Fsp3) is 0.429. The third-order valence-corrected chi connectivity index (χ3v) is 3.42. The predicted octanol–water partition coefficient (Wildman–Crippen LogP) is 2.40. The molecule has 19 heavy (non-hydrogen) atoms. The van der Waals surface area contributed by atoms with Crippen molar-refractivity contribution in [1.82, 2.24) is 9.55 Å². The third-order valence-electron chi connectivity index (χ3n) is 3.42. The minimum Gasteiger partial charge on any atom is -0.481 e. The van der Waals surface area contributed by atoms with Gasteiger partial charge in [0.1, 0.15) is 5.82 Å². The van der Waals surface area contributed by atoms with Gasteiger partial charge in [0.15, 0.2) is 0 Å². The first-order chi connectivity index (χ1) is 8.81. The SMILES string of the molecule is Cc1nc2cc(NCC(C)(C)C(=O)O)ccc2n1C. The quantitative estimate of drug-likeness (QED) is 0.887. The molecule has 2 rings (SSSR count). The van der Waals surface area contributed by atoms with Gasteiger partial charge in [-0.25, -0.2) is 4.98 Å². The van der Waals surface area contributed by atoms with E-state index in [4.69, 9.17) is 5.11 Å². The highest BCUT2D eigenvalue weighted by Crippen LogP contribution is 2.21. The van der Waals surface area contributed by atoms with Gasteiger partial charge in [-0.1, -0.05) is 0 Å². The van der Waals surface area contributed by atoms with Gasteiger partial charge in [0.2, 0.25) is 0 Å². The number of rotatable bonds is 4. The van der Waals surface area contributed by atoms with Crippen LogP contribution < -0.4 is 5.32 Å². The number of aromatic nitrogens is 2. The van der Waals surface area contributed by atoms with Crippen LogP contribution in [0.25, 0.3) is 11.0 Å². The Bertz CT molecular complexity index is 629. The highest BCUT2D eigenvalue weighted by Gasteiger charge is 2.26. The van der Waals surface area contributed by atoms with Gasteiger partial charge in [-0.05, 0) is 39.0 Å². The number of carboxylic acid groups (broad SMARTS) is 1. The average molecular weight is 261 g/mol. The van der Waals surface area contributed by atoms with Crippen LogP contribution in [0, 0.1) is 12.3 Å². The highest BCUT2D eigenvalue weighted by molar-refractivity contribution is 5.80. The lowest BCUT2D eigenvalue weighted by atomic mass is 9.94. The van der Waals surface area contributed by atoms with E-state index in [0.29, 0.717) is 6.54 Å². The Morgan fingerprint density at radius 3 is 2.79 bits per heavy atom. The Labute approximate surface area is 112 Å². The molecule has 0 bridgehead atoms. The summed E-state index contributed by atoms with van der Waals surface area (Å²) >= 11 is 0. The maximum absolute atomic E-state index is 11.0. The summed E-state index contributed by atoms with van der Waals surface area (Å²) in [5, 5.41) is 12.2. The maximum Gasteiger partial charge on any atom is 0.310 e. The molecule has 5 nitrogen and oxygen atoms in total. The molecular formula is C14H19N3O2. The van der Waals surface area contributed by atoms with Crippen LogP contribution in [0.5, 0.6) is 0 Å². The number of aryl methyl sites for hydroxylation is 2. The van der Waals surface area contributed by atoms with Crippen molar-refractivity contribution in [2.24, 2.45) is 12.5 Å². The van der Waals surface area contributed by atoms with Crippen LogP contribution in [0.15, 0.2) is 18.2 Å². The van der Waals surface area contributed by atoms with E-state index in [-0.39, 0.29) is 0 Å². The lowest BCUT2D eigenvalue weighted by Crippen LogP contribution is -2.31. The lowest BCUT2D eigenvalue weighted by Gasteiger charge is -2.20. The second-order valence-electron chi connectivity index (χ2n) is 5.46. The van der Waals surface area contributed by atoms with Gasteiger partial charge in [-0.15, -0.1) is 0 Å². The minimum atomic E-state index is -0.810. The van der Waals surface area contributed by atoms with Crippen molar-refractivity contribution >= 4 is 22.7 Å². The monoisotopic (exact) mass is 261 g/mol. The zero-order valence-corrected chi connectivity index (χ0v) is 11.7. The van der Waals surface area contributed by atoms with Gasteiger partial charge in [-0.3, -0.25) is 4.79 Å². The Morgan fingerprint density at radius 1 is 1.47 bits per heavy atom. The number of nitrogens with zero attached hydrogens (tertiary/aromatic N) is 2. The van der Waals surface area contributed by atoms with Crippen molar-refractivity contribution in [3.63, 3.8) is 0 Å². The van der Waals surface area contributed by atoms with Gasteiger partial charge < -0.3 is 15.0 Å². The smallest absolute Gasteiger partial charge is 0.310 e. The van der Waals surface area contributed by atoms with Gasteiger partial charge in [-0.2, -0.15) is 0 Å². The molecule has 5 heteroatoms. The normalized spacial score (nSPS) is 11.8. The largest absolute Gasteiger partial charge is 0.481 e. The van der Waals surface area contributed by atoms with Gasteiger partial charge in [0, 0.05) is 19.3 Å². The third kappa shape index (κ3) is 2.54. The number of hydrogen-bond donors (Lipinski definition) is 2. The van der Waals surface area contributed by atoms with Crippen molar-refractivity contribution in [1.29, 1.82) is 0 Å². The number of carboxylic acids is 1. The average Bonchev–Trinajstić information content (AvgIpc) is 2.62. The maximum atomic E-state index is 11.0. The molecular weight excluding hydrogens is 242 g/mol. The molecule has 0 fully saturated rings. The fourth-order valence-corrected chi connectivity index (χ4v) is 1.83. The summed E-state index contributed by atoms with van der Waals surface area (Å²) in [7, 11) is 1.98. The number of fused-ring (bicyclic) bond motifs is 1. The van der Waals surface area contributed by atoms with E-state index in [1.165, 1.54) is 0 Å². The molecule has 0 aliphatic heterocycles. The molecule has 0 atom stereocenters. The molecule has 0 radical (unpaired) electrons. The summed E-state index contributed by atoms with van der Waals surface area (Å²) in [5.74, 6) is 0.146. The first-order valence-corrected chi connectivity index (χ1v) is 6.21. The Morgan fingerprint density at radius 2 is 2.16 bits per heavy atom. The second-order valence-corrected chi connectivity index (χ2v) is 5.46. The molecule has 0 unspecified atom stereocenters. The van der Waals surface area contributed by atoms with Crippen molar-refractivity contribution in [2.75, 3.05) is 11.9 Å². The predicted molar refractivity (Wildman–Crippen MR) is 75.4 cm³/mol. The highest BCUT2D eigenvalue weighted by atomic mass is 16.4. The number of benzene rings is 1. The molecule has 2 N–H and O–H groups in total. The van der Waals surface area contributed by atoms with E-state index in [2.05, 4.69) is 10.3 Å². The van der Waals surface area contributed by atoms with E-state index >= 15 is 0 Å². The van der Waals surface area contributed by atoms with E-state index in [1.54, 1.807) is 13.8 Å². The fourth-order valence-electron chi connectivity index (χ4n) is 1.83. The molecule has 0 spiro atoms. The minimum absolute atomic E-state index is 0.375. The summed E-state index contributed by atoms with van der Waals surface area (Å²) in [4.78, 5) is 15.5. The van der Waals surface area contributed by atoms with Crippen LogP contribution in [0.1, 0.15) is 19.7 Å². The second kappa shape index (κ2) is 4.57. The standard InChI is InChI=1S/C14H19N3O2/c1-9-16-11-7-10(5-6-12(11)17(9)4)15-8-14(2,3)13(18)19/h5-7,15H,8H2,1-4H3,(H,18,19). The number of aliphatic carboxylic acids is 1. The summed E-state index contributed by atoms with van der Waals surface area (Å²) in [6, 6.07) is 5.88. The molecule has 1 aromatic carbocycles. The topological polar surface area (TPSA) is 67.2 Å². The van der Waals surface area contributed by atoms with Crippen LogP contribution in [-0.2, 0) is 11.8 Å². The van der Waals surface area contributed by atoms with Gasteiger partial charge in [0.05, 0.1) is 16.4 Å². The lowest BCUT2D eigenvalue weighted by molar-refractivity contribution is -0.146. The summed E-state index contributed by atoms with van der Waals surface area (Å²) in [5.41, 5.74) is 2.08. The van der Waals surface area contributed by atoms with Crippen molar-refractivity contribution in [3.8, 4) is 0 Å². The first kappa shape index (κ1) is 13.4. The molecule has 2 aromatic rings. The number of imidazole rings is 1. The van der Waals surface area contributed by atoms with Crippen molar-refractivity contribution in [2.45, 2.75) is 20.8 Å². The number of nitrogens with one attached hydrogen (secondary N) is 1. The molecule has 0 saturated carbocycles. The van der Waals surface area contributed by atoms with Crippen molar-refractivity contribution < 1.29 is 9.90 Å². The molecule has 1 heterocycles. The van der Waals surface area contributed by atoms with Gasteiger partial charge >= 0.3 is 5.97 Å². The van der Waals surface area contributed by atoms with Crippen LogP contribution >= 0.6 is 0 Å². The molecule has 0 amide bonds. The van der Waals surface area contributed by atoms with Crippen LogP contribution in [0.3, 0.4) is 0 Å². The Balaban J connectivity index is 2.21. The molecule has 1 aromatic heterocycles. The molecule has 0 saturated heterocycles. The van der Waals surface area contributed by atoms with Crippen LogP contribution in [-0.4, -0.2) is 27.2 Å². The number of hydrogen-bond acceptors (Lipinski definition) is 3. The van der Waals surface area contributed by atoms with E-state index < -0.39 is 11.4 Å². The molecule has 0 aliphatic carbocycles. The van der Waals surface area contributed by atoms with E-state index in [0.717, 1.165) is 22.5 Å². The molecule has 102 valence electrons. The number of anilines is 1. The molecule has 0 aliphatic rings. The van der Waals surface area contributed by atoms with E-state index in [1.807, 2.05) is 36.7 Å². The van der Waals surface area contributed by atoms with E-state index in [9.17, 15) is 4.79 Å². The summed E-state index contributed by atoms with van der Waals surface area (Å²) in [6.07, 6.45) is 0. The Hall–Kier alpha value is -2.04. The zero-order valence-electron chi connectivity index (χ0n) is 11.7.